The van der Waals surface area contributed by atoms with E-state index in [0.29, 0.717) is 0 Å². The standard InChI is InChI=1S/C16H26N2S/c1-12-6-5-10-16(17-2,11-9-12)15-18-13-7-3-4-8-14(13)19-15/h12,17H,3-11H2,1-2H3. The molecule has 1 aromatic rings. The molecule has 2 unspecified atom stereocenters. The molecule has 0 aromatic carbocycles. The fourth-order valence-electron chi connectivity index (χ4n) is 3.64. The van der Waals surface area contributed by atoms with Crippen LogP contribution < -0.4 is 5.32 Å². The zero-order valence-electron chi connectivity index (χ0n) is 12.3. The average molecular weight is 278 g/mol. The lowest BCUT2D eigenvalue weighted by Crippen LogP contribution is -2.39. The normalized spacial score (nSPS) is 31.8. The van der Waals surface area contributed by atoms with E-state index in [9.17, 15) is 0 Å². The molecule has 106 valence electrons. The number of thiazole rings is 1. The molecule has 0 bridgehead atoms. The largest absolute Gasteiger partial charge is 0.308 e. The van der Waals surface area contributed by atoms with E-state index in [2.05, 4.69) is 19.3 Å². The summed E-state index contributed by atoms with van der Waals surface area (Å²) in [4.78, 5) is 6.62. The molecule has 3 heteroatoms. The van der Waals surface area contributed by atoms with E-state index in [-0.39, 0.29) is 5.54 Å². The highest BCUT2D eigenvalue weighted by atomic mass is 32.1. The predicted molar refractivity (Wildman–Crippen MR) is 81.7 cm³/mol. The Labute approximate surface area is 121 Å². The van der Waals surface area contributed by atoms with Crippen LogP contribution in [0.5, 0.6) is 0 Å². The second-order valence-electron chi connectivity index (χ2n) is 6.46. The van der Waals surface area contributed by atoms with Crippen molar-refractivity contribution < 1.29 is 0 Å². The second-order valence-corrected chi connectivity index (χ2v) is 7.55. The smallest absolute Gasteiger partial charge is 0.113 e. The Morgan fingerprint density at radius 3 is 2.79 bits per heavy atom. The Bertz CT molecular complexity index is 416. The number of fused-ring (bicyclic) bond motifs is 1. The summed E-state index contributed by atoms with van der Waals surface area (Å²) in [5.41, 5.74) is 1.59. The summed E-state index contributed by atoms with van der Waals surface area (Å²) in [5.74, 6) is 0.879. The molecular formula is C16H26N2S. The van der Waals surface area contributed by atoms with Crippen LogP contribution in [0.4, 0.5) is 0 Å². The Morgan fingerprint density at radius 2 is 2.00 bits per heavy atom. The molecule has 0 amide bonds. The molecule has 1 N–H and O–H groups in total. The number of aryl methyl sites for hydroxylation is 2. The number of aromatic nitrogens is 1. The third kappa shape index (κ3) is 2.59. The molecule has 2 aliphatic rings. The molecule has 0 saturated heterocycles. The van der Waals surface area contributed by atoms with Crippen molar-refractivity contribution in [2.75, 3.05) is 7.05 Å². The number of hydrogen-bond acceptors (Lipinski definition) is 3. The van der Waals surface area contributed by atoms with Gasteiger partial charge in [0.05, 0.1) is 11.2 Å². The number of nitrogens with one attached hydrogen (secondary N) is 1. The van der Waals surface area contributed by atoms with Gasteiger partial charge in [-0.25, -0.2) is 4.98 Å². The zero-order chi connectivity index (χ0) is 13.3. The first kappa shape index (κ1) is 13.6. The van der Waals surface area contributed by atoms with Gasteiger partial charge in [0, 0.05) is 4.88 Å². The third-order valence-electron chi connectivity index (χ3n) is 5.10. The van der Waals surface area contributed by atoms with Gasteiger partial charge in [-0.15, -0.1) is 11.3 Å². The zero-order valence-corrected chi connectivity index (χ0v) is 13.1. The highest BCUT2D eigenvalue weighted by molar-refractivity contribution is 7.11. The maximum atomic E-state index is 5.04. The molecule has 0 radical (unpaired) electrons. The van der Waals surface area contributed by atoms with Crippen LogP contribution in [-0.4, -0.2) is 12.0 Å². The molecule has 1 fully saturated rings. The fourth-order valence-corrected chi connectivity index (χ4v) is 5.04. The Balaban J connectivity index is 1.90. The fraction of sp³-hybridized carbons (Fsp3) is 0.812. The van der Waals surface area contributed by atoms with Crippen molar-refractivity contribution in [1.82, 2.24) is 10.3 Å². The Kier molecular flexibility index (Phi) is 3.95. The number of hydrogen-bond donors (Lipinski definition) is 1. The van der Waals surface area contributed by atoms with Crippen LogP contribution in [0.1, 0.15) is 67.4 Å². The van der Waals surface area contributed by atoms with Gasteiger partial charge in [-0.2, -0.15) is 0 Å². The molecule has 2 nitrogen and oxygen atoms in total. The molecule has 3 rings (SSSR count). The molecule has 19 heavy (non-hydrogen) atoms. The SMILES string of the molecule is CNC1(c2nc3c(s2)CCCC3)CCCC(C)CC1. The average Bonchev–Trinajstić information content (AvgIpc) is 2.77. The van der Waals surface area contributed by atoms with Crippen molar-refractivity contribution in [2.45, 2.75) is 70.3 Å². The van der Waals surface area contributed by atoms with Crippen LogP contribution >= 0.6 is 11.3 Å². The van der Waals surface area contributed by atoms with E-state index in [0.717, 1.165) is 5.92 Å². The summed E-state index contributed by atoms with van der Waals surface area (Å²) in [6.07, 6.45) is 11.8. The van der Waals surface area contributed by atoms with Crippen LogP contribution in [0.2, 0.25) is 0 Å². The predicted octanol–water partition coefficient (Wildman–Crippen LogP) is 4.04. The minimum atomic E-state index is 0.173. The lowest BCUT2D eigenvalue weighted by Gasteiger charge is -2.30. The summed E-state index contributed by atoms with van der Waals surface area (Å²) >= 11 is 2.00. The molecule has 1 saturated carbocycles. The molecule has 0 aliphatic heterocycles. The minimum absolute atomic E-state index is 0.173. The topological polar surface area (TPSA) is 24.9 Å². The Hall–Kier alpha value is -0.410. The van der Waals surface area contributed by atoms with E-state index >= 15 is 0 Å². The number of nitrogens with zero attached hydrogens (tertiary/aromatic N) is 1. The maximum absolute atomic E-state index is 5.04. The van der Waals surface area contributed by atoms with E-state index in [1.54, 1.807) is 4.88 Å². The molecule has 0 spiro atoms. The molecule has 2 aliphatic carbocycles. The van der Waals surface area contributed by atoms with Gasteiger partial charge in [0.25, 0.3) is 0 Å². The highest BCUT2D eigenvalue weighted by Gasteiger charge is 2.36. The lowest BCUT2D eigenvalue weighted by molar-refractivity contribution is 0.308. The van der Waals surface area contributed by atoms with Gasteiger partial charge < -0.3 is 5.32 Å². The highest BCUT2D eigenvalue weighted by Crippen LogP contribution is 2.41. The van der Waals surface area contributed by atoms with E-state index < -0.39 is 0 Å². The van der Waals surface area contributed by atoms with E-state index in [4.69, 9.17) is 4.98 Å². The first-order valence-corrected chi connectivity index (χ1v) is 8.73. The van der Waals surface area contributed by atoms with E-state index in [1.807, 2.05) is 11.3 Å². The first-order chi connectivity index (χ1) is 9.23. The molecule has 1 aromatic heterocycles. The van der Waals surface area contributed by atoms with Crippen molar-refractivity contribution in [3.63, 3.8) is 0 Å². The van der Waals surface area contributed by atoms with Gasteiger partial charge >= 0.3 is 0 Å². The maximum Gasteiger partial charge on any atom is 0.113 e. The second kappa shape index (κ2) is 5.53. The Morgan fingerprint density at radius 1 is 1.16 bits per heavy atom. The van der Waals surface area contributed by atoms with Gasteiger partial charge in [0.1, 0.15) is 5.01 Å². The van der Waals surface area contributed by atoms with Crippen molar-refractivity contribution in [1.29, 1.82) is 0 Å². The van der Waals surface area contributed by atoms with Gasteiger partial charge in [-0.3, -0.25) is 0 Å². The number of rotatable bonds is 2. The van der Waals surface area contributed by atoms with E-state index in [1.165, 1.54) is 68.5 Å². The third-order valence-corrected chi connectivity index (χ3v) is 6.46. The van der Waals surface area contributed by atoms with Gasteiger partial charge in [-0.1, -0.05) is 19.8 Å². The van der Waals surface area contributed by atoms with Crippen LogP contribution in [0.15, 0.2) is 0 Å². The molecular weight excluding hydrogens is 252 g/mol. The van der Waals surface area contributed by atoms with Crippen LogP contribution in [0.25, 0.3) is 0 Å². The van der Waals surface area contributed by atoms with Crippen molar-refractivity contribution in [3.05, 3.63) is 15.6 Å². The lowest BCUT2D eigenvalue weighted by atomic mass is 9.90. The first-order valence-electron chi connectivity index (χ1n) is 7.91. The van der Waals surface area contributed by atoms with Gasteiger partial charge in [-0.05, 0) is 57.9 Å². The monoisotopic (exact) mass is 278 g/mol. The quantitative estimate of drug-likeness (QED) is 0.826. The summed E-state index contributed by atoms with van der Waals surface area (Å²) in [5, 5.41) is 5.04. The van der Waals surface area contributed by atoms with Gasteiger partial charge in [0.2, 0.25) is 0 Å². The molecule has 1 heterocycles. The van der Waals surface area contributed by atoms with Crippen molar-refractivity contribution in [3.8, 4) is 0 Å². The van der Waals surface area contributed by atoms with Crippen LogP contribution in [0, 0.1) is 5.92 Å². The van der Waals surface area contributed by atoms with Crippen LogP contribution in [-0.2, 0) is 18.4 Å². The molecule has 2 atom stereocenters. The summed E-state index contributed by atoms with van der Waals surface area (Å²) in [7, 11) is 2.14. The summed E-state index contributed by atoms with van der Waals surface area (Å²) in [6, 6.07) is 0. The summed E-state index contributed by atoms with van der Waals surface area (Å²) < 4.78 is 0. The minimum Gasteiger partial charge on any atom is -0.308 e. The van der Waals surface area contributed by atoms with Crippen LogP contribution in [0.3, 0.4) is 0 Å². The summed E-state index contributed by atoms with van der Waals surface area (Å²) in [6.45, 7) is 2.40. The van der Waals surface area contributed by atoms with Crippen molar-refractivity contribution in [2.24, 2.45) is 5.92 Å². The van der Waals surface area contributed by atoms with Crippen molar-refractivity contribution >= 4 is 11.3 Å². The van der Waals surface area contributed by atoms with Gasteiger partial charge in [0.15, 0.2) is 0 Å².